The van der Waals surface area contributed by atoms with Crippen molar-refractivity contribution in [3.63, 3.8) is 0 Å². The number of hydrogen-bond acceptors (Lipinski definition) is 6. The molecule has 0 amide bonds. The van der Waals surface area contributed by atoms with E-state index in [-0.39, 0.29) is 17.5 Å². The van der Waals surface area contributed by atoms with Crippen molar-refractivity contribution in [1.29, 1.82) is 0 Å². The molecular formula is C9H13ClN4O2S3. The lowest BCUT2D eigenvalue weighted by atomic mass is 10.3. The predicted molar refractivity (Wildman–Crippen MR) is 80.7 cm³/mol. The first kappa shape index (κ1) is 14.9. The number of halogens is 1. The van der Waals surface area contributed by atoms with Crippen LogP contribution in [-0.4, -0.2) is 46.7 Å². The summed E-state index contributed by atoms with van der Waals surface area (Å²) in [7, 11) is -3.07. The largest absolute Gasteiger partial charge is 0.357 e. The van der Waals surface area contributed by atoms with Crippen LogP contribution in [0, 0.1) is 0 Å². The molecule has 10 heteroatoms. The average molecular weight is 341 g/mol. The van der Waals surface area contributed by atoms with Crippen LogP contribution in [0.3, 0.4) is 0 Å². The highest BCUT2D eigenvalue weighted by atomic mass is 35.5. The number of sulfone groups is 1. The minimum atomic E-state index is -3.07. The third-order valence-corrected chi connectivity index (χ3v) is 6.17. The predicted octanol–water partition coefficient (Wildman–Crippen LogP) is 0.791. The minimum absolute atomic E-state index is 0.000679. The molecule has 0 spiro atoms. The maximum atomic E-state index is 11.4. The van der Waals surface area contributed by atoms with Gasteiger partial charge in [-0.15, -0.1) is 21.8 Å². The molecule has 2 N–H and O–H groups in total. The molecule has 1 saturated heterocycles. The summed E-state index contributed by atoms with van der Waals surface area (Å²) in [6.45, 7) is 1.99. The van der Waals surface area contributed by atoms with E-state index in [2.05, 4.69) is 20.8 Å². The summed E-state index contributed by atoms with van der Waals surface area (Å²) in [6, 6.07) is -0.370. The minimum Gasteiger partial charge on any atom is -0.357 e. The second-order valence-corrected chi connectivity index (χ2v) is 8.34. The van der Waals surface area contributed by atoms with Crippen LogP contribution in [0.5, 0.6) is 0 Å². The van der Waals surface area contributed by atoms with Crippen molar-refractivity contribution >= 4 is 55.2 Å². The van der Waals surface area contributed by atoms with Gasteiger partial charge in [0.05, 0.1) is 22.9 Å². The summed E-state index contributed by atoms with van der Waals surface area (Å²) < 4.78 is 22.8. The lowest BCUT2D eigenvalue weighted by Gasteiger charge is -2.16. The Labute approximate surface area is 125 Å². The van der Waals surface area contributed by atoms with E-state index in [1.54, 1.807) is 0 Å². The number of anilines is 1. The van der Waals surface area contributed by atoms with Gasteiger partial charge in [0.25, 0.3) is 0 Å². The SMILES string of the molecule is CCc1nnc(NC(=S)N[C@@H]2CS(=O)(=O)C[C@@H]2Cl)s1. The van der Waals surface area contributed by atoms with Crippen molar-refractivity contribution < 1.29 is 8.42 Å². The molecule has 0 aromatic carbocycles. The number of nitrogens with one attached hydrogen (secondary N) is 2. The molecule has 1 aromatic heterocycles. The van der Waals surface area contributed by atoms with Gasteiger partial charge >= 0.3 is 0 Å². The Morgan fingerprint density at radius 1 is 1.53 bits per heavy atom. The fourth-order valence-electron chi connectivity index (χ4n) is 1.69. The number of thiocarbonyl (C=S) groups is 1. The Morgan fingerprint density at radius 2 is 2.26 bits per heavy atom. The van der Waals surface area contributed by atoms with Crippen LogP contribution < -0.4 is 10.6 Å². The van der Waals surface area contributed by atoms with E-state index in [9.17, 15) is 8.42 Å². The molecule has 2 atom stereocenters. The summed E-state index contributed by atoms with van der Waals surface area (Å²) in [4.78, 5) is 0. The van der Waals surface area contributed by atoms with E-state index in [4.69, 9.17) is 23.8 Å². The summed E-state index contributed by atoms with van der Waals surface area (Å²) in [5.41, 5.74) is 0. The first-order valence-corrected chi connectivity index (χ1v) is 9.12. The van der Waals surface area contributed by atoms with E-state index in [1.165, 1.54) is 11.3 Å². The van der Waals surface area contributed by atoms with Gasteiger partial charge in [-0.1, -0.05) is 18.3 Å². The third kappa shape index (κ3) is 3.98. The molecule has 106 valence electrons. The lowest BCUT2D eigenvalue weighted by molar-refractivity contribution is 0.600. The molecular weight excluding hydrogens is 328 g/mol. The van der Waals surface area contributed by atoms with Gasteiger partial charge in [0, 0.05) is 0 Å². The summed E-state index contributed by atoms with van der Waals surface area (Å²) in [6.07, 6.45) is 0.810. The molecule has 1 fully saturated rings. The third-order valence-electron chi connectivity index (χ3n) is 2.59. The van der Waals surface area contributed by atoms with Crippen molar-refractivity contribution in [2.45, 2.75) is 24.8 Å². The Hall–Kier alpha value is -0.510. The summed E-state index contributed by atoms with van der Waals surface area (Å²) in [5.74, 6) is -0.0209. The highest BCUT2D eigenvalue weighted by Gasteiger charge is 2.36. The molecule has 0 aliphatic carbocycles. The number of hydrogen-bond donors (Lipinski definition) is 2. The van der Waals surface area contributed by atoms with Crippen molar-refractivity contribution in [3.8, 4) is 0 Å². The monoisotopic (exact) mass is 340 g/mol. The van der Waals surface area contributed by atoms with Crippen molar-refractivity contribution in [3.05, 3.63) is 5.01 Å². The lowest BCUT2D eigenvalue weighted by Crippen LogP contribution is -2.42. The van der Waals surface area contributed by atoms with Crippen molar-refractivity contribution in [2.75, 3.05) is 16.8 Å². The van der Waals surface area contributed by atoms with E-state index in [0.717, 1.165) is 11.4 Å². The van der Waals surface area contributed by atoms with Gasteiger partial charge in [0.15, 0.2) is 14.9 Å². The normalized spacial score (nSPS) is 25.2. The van der Waals surface area contributed by atoms with E-state index in [1.807, 2.05) is 6.92 Å². The zero-order valence-corrected chi connectivity index (χ0v) is 13.3. The maximum absolute atomic E-state index is 11.4. The highest BCUT2D eigenvalue weighted by molar-refractivity contribution is 7.91. The van der Waals surface area contributed by atoms with Crippen LogP contribution in [0.25, 0.3) is 0 Å². The van der Waals surface area contributed by atoms with Gasteiger partial charge in [-0.2, -0.15) is 0 Å². The second kappa shape index (κ2) is 5.86. The fraction of sp³-hybridized carbons (Fsp3) is 0.667. The smallest absolute Gasteiger partial charge is 0.211 e. The first-order chi connectivity index (χ1) is 8.89. The average Bonchev–Trinajstić information content (AvgIpc) is 2.83. The maximum Gasteiger partial charge on any atom is 0.211 e. The van der Waals surface area contributed by atoms with Crippen LogP contribution in [-0.2, 0) is 16.3 Å². The molecule has 0 bridgehead atoms. The molecule has 2 rings (SSSR count). The van der Waals surface area contributed by atoms with Gasteiger partial charge in [0.1, 0.15) is 5.01 Å². The van der Waals surface area contributed by atoms with Crippen LogP contribution in [0.1, 0.15) is 11.9 Å². The highest BCUT2D eigenvalue weighted by Crippen LogP contribution is 2.19. The first-order valence-electron chi connectivity index (χ1n) is 5.64. The van der Waals surface area contributed by atoms with E-state index < -0.39 is 15.2 Å². The molecule has 19 heavy (non-hydrogen) atoms. The molecule has 6 nitrogen and oxygen atoms in total. The standard InChI is InChI=1S/C9H13ClN4O2S3/c1-2-7-13-14-9(18-7)12-8(17)11-6-4-19(15,16)3-5(6)10/h5-6H,2-4H2,1H3,(H2,11,12,14,17)/t5-,6+/m0/s1. The zero-order valence-electron chi connectivity index (χ0n) is 10.1. The number of alkyl halides is 1. The summed E-state index contributed by atoms with van der Waals surface area (Å²) >= 11 is 12.5. The van der Waals surface area contributed by atoms with Crippen molar-refractivity contribution in [2.24, 2.45) is 0 Å². The number of aromatic nitrogens is 2. The number of nitrogens with zero attached hydrogens (tertiary/aromatic N) is 2. The molecule has 0 radical (unpaired) electrons. The topological polar surface area (TPSA) is 84.0 Å². The van der Waals surface area contributed by atoms with Crippen LogP contribution >= 0.6 is 35.2 Å². The number of aryl methyl sites for hydroxylation is 1. The Morgan fingerprint density at radius 3 is 2.79 bits per heavy atom. The Bertz CT molecular complexity index is 574. The second-order valence-electron chi connectivity index (χ2n) is 4.15. The summed E-state index contributed by atoms with van der Waals surface area (Å²) in [5, 5.41) is 15.0. The number of rotatable bonds is 3. The molecule has 1 aromatic rings. The van der Waals surface area contributed by atoms with Gasteiger partial charge in [-0.3, -0.25) is 0 Å². The zero-order chi connectivity index (χ0) is 14.0. The molecule has 0 saturated carbocycles. The van der Waals surface area contributed by atoms with Crippen LogP contribution in [0.15, 0.2) is 0 Å². The van der Waals surface area contributed by atoms with Gasteiger partial charge in [-0.05, 0) is 18.6 Å². The van der Waals surface area contributed by atoms with Gasteiger partial charge in [-0.25, -0.2) is 8.42 Å². The molecule has 2 heterocycles. The van der Waals surface area contributed by atoms with Gasteiger partial charge in [0.2, 0.25) is 5.13 Å². The quantitative estimate of drug-likeness (QED) is 0.621. The Balaban J connectivity index is 1.91. The Kier molecular flexibility index (Phi) is 4.59. The van der Waals surface area contributed by atoms with Crippen molar-refractivity contribution in [1.82, 2.24) is 15.5 Å². The van der Waals surface area contributed by atoms with Gasteiger partial charge < -0.3 is 10.6 Å². The van der Waals surface area contributed by atoms with E-state index in [0.29, 0.717) is 10.2 Å². The fourth-order valence-corrected chi connectivity index (χ4v) is 5.23. The van der Waals surface area contributed by atoms with Crippen LogP contribution in [0.2, 0.25) is 0 Å². The molecule has 1 aliphatic heterocycles. The molecule has 1 aliphatic rings. The molecule has 0 unspecified atom stereocenters. The van der Waals surface area contributed by atoms with E-state index >= 15 is 0 Å². The van der Waals surface area contributed by atoms with Crippen LogP contribution in [0.4, 0.5) is 5.13 Å².